The largest absolute Gasteiger partial charge is 0.369 e. The van der Waals surface area contributed by atoms with E-state index in [1.54, 1.807) is 0 Å². The summed E-state index contributed by atoms with van der Waals surface area (Å²) in [4.78, 5) is 21.1. The third-order valence-electron chi connectivity index (χ3n) is 1.43. The van der Waals surface area contributed by atoms with Crippen molar-refractivity contribution in [2.45, 2.75) is 5.75 Å². The number of hydrogen-bond acceptors (Lipinski definition) is 8. The summed E-state index contributed by atoms with van der Waals surface area (Å²) < 4.78 is 22.7. The van der Waals surface area contributed by atoms with Gasteiger partial charge in [0.05, 0.1) is 0 Å². The zero-order valence-corrected chi connectivity index (χ0v) is 8.94. The number of nitrogen functional groups attached to an aromatic ring is 2. The van der Waals surface area contributed by atoms with Crippen LogP contribution in [0.2, 0.25) is 0 Å². The monoisotopic (exact) mass is 246 g/mol. The van der Waals surface area contributed by atoms with Crippen LogP contribution in [-0.4, -0.2) is 35.0 Å². The van der Waals surface area contributed by atoms with E-state index < -0.39 is 27.3 Å². The summed E-state index contributed by atoms with van der Waals surface area (Å²) in [6.07, 6.45) is 0. The Morgan fingerprint density at radius 3 is 2.06 bits per heavy atom. The lowest BCUT2D eigenvalue weighted by atomic mass is 10.7. The van der Waals surface area contributed by atoms with Crippen LogP contribution in [0.25, 0.3) is 0 Å². The molecule has 0 bridgehead atoms. The summed E-state index contributed by atoms with van der Waals surface area (Å²) in [5.74, 6) is -2.78. The second-order valence-electron chi connectivity index (χ2n) is 2.97. The molecule has 0 aliphatic heterocycles. The molecule has 1 rings (SSSR count). The van der Waals surface area contributed by atoms with Crippen molar-refractivity contribution in [3.8, 4) is 0 Å². The van der Waals surface area contributed by atoms with Gasteiger partial charge in [-0.2, -0.15) is 15.0 Å². The van der Waals surface area contributed by atoms with Crippen LogP contribution in [0.5, 0.6) is 0 Å². The van der Waals surface area contributed by atoms with Crippen LogP contribution in [0, 0.1) is 0 Å². The van der Waals surface area contributed by atoms with E-state index in [0.717, 1.165) is 0 Å². The summed E-state index contributed by atoms with van der Waals surface area (Å²) in [7, 11) is -3.71. The number of aromatic nitrogens is 3. The molecule has 1 amide bonds. The fourth-order valence-electron chi connectivity index (χ4n) is 0.986. The first-order chi connectivity index (χ1) is 7.28. The molecule has 0 unspecified atom stereocenters. The first-order valence-corrected chi connectivity index (χ1v) is 5.85. The standard InChI is InChI=1S/C6H10N6O3S/c7-3(13)1-16(14,15)2-4-10-5(8)12-6(9)11-4/h1-2H2,(H2,7,13)(H4,8,9,10,11,12). The molecule has 88 valence electrons. The molecule has 10 heteroatoms. The molecular formula is C6H10N6O3S. The van der Waals surface area contributed by atoms with Gasteiger partial charge in [-0.25, -0.2) is 8.42 Å². The zero-order valence-electron chi connectivity index (χ0n) is 8.12. The molecule has 1 heterocycles. The summed E-state index contributed by atoms with van der Waals surface area (Å²) in [6, 6.07) is 0. The maximum absolute atomic E-state index is 11.4. The Labute approximate surface area is 91.0 Å². The second-order valence-corrected chi connectivity index (χ2v) is 5.03. The lowest BCUT2D eigenvalue weighted by Gasteiger charge is -2.02. The SMILES string of the molecule is NC(=O)CS(=O)(=O)Cc1nc(N)nc(N)n1. The average molecular weight is 246 g/mol. The fourth-order valence-corrected chi connectivity index (χ4v) is 2.04. The first-order valence-electron chi connectivity index (χ1n) is 4.03. The lowest BCUT2D eigenvalue weighted by Crippen LogP contribution is -2.25. The topological polar surface area (TPSA) is 168 Å². The van der Waals surface area contributed by atoms with Crippen LogP contribution in [-0.2, 0) is 20.4 Å². The Morgan fingerprint density at radius 2 is 1.62 bits per heavy atom. The molecular weight excluding hydrogens is 236 g/mol. The quantitative estimate of drug-likeness (QED) is 0.521. The van der Waals surface area contributed by atoms with Gasteiger partial charge in [-0.1, -0.05) is 0 Å². The second kappa shape index (κ2) is 4.26. The molecule has 0 saturated carbocycles. The molecule has 0 saturated heterocycles. The van der Waals surface area contributed by atoms with Gasteiger partial charge < -0.3 is 17.2 Å². The van der Waals surface area contributed by atoms with Crippen LogP contribution < -0.4 is 17.2 Å². The molecule has 0 spiro atoms. The van der Waals surface area contributed by atoms with Crippen LogP contribution >= 0.6 is 0 Å². The molecule has 0 fully saturated rings. The van der Waals surface area contributed by atoms with Gasteiger partial charge in [0, 0.05) is 0 Å². The van der Waals surface area contributed by atoms with Crippen molar-refractivity contribution >= 4 is 27.6 Å². The van der Waals surface area contributed by atoms with Crippen LogP contribution in [0.15, 0.2) is 0 Å². The highest BCUT2D eigenvalue weighted by molar-refractivity contribution is 7.91. The summed E-state index contributed by atoms with van der Waals surface area (Å²) in [5, 5.41) is 0. The predicted molar refractivity (Wildman–Crippen MR) is 55.3 cm³/mol. The van der Waals surface area contributed by atoms with Gasteiger partial charge in [0.15, 0.2) is 15.7 Å². The van der Waals surface area contributed by atoms with E-state index in [0.29, 0.717) is 0 Å². The molecule has 0 aliphatic rings. The molecule has 0 atom stereocenters. The summed E-state index contributed by atoms with van der Waals surface area (Å²) in [5.41, 5.74) is 15.3. The van der Waals surface area contributed by atoms with E-state index in [9.17, 15) is 13.2 Å². The molecule has 1 aromatic heterocycles. The van der Waals surface area contributed by atoms with Gasteiger partial charge in [0.25, 0.3) is 0 Å². The van der Waals surface area contributed by atoms with E-state index in [4.69, 9.17) is 17.2 Å². The number of rotatable bonds is 4. The number of carbonyl (C=O) groups is 1. The number of carbonyl (C=O) groups excluding carboxylic acids is 1. The van der Waals surface area contributed by atoms with Gasteiger partial charge in [0.1, 0.15) is 11.5 Å². The van der Waals surface area contributed by atoms with E-state index in [-0.39, 0.29) is 17.7 Å². The Bertz CT molecular complexity index is 493. The molecule has 0 aromatic carbocycles. The molecule has 9 nitrogen and oxygen atoms in total. The van der Waals surface area contributed by atoms with Crippen molar-refractivity contribution in [2.75, 3.05) is 17.2 Å². The number of nitrogens with zero attached hydrogens (tertiary/aromatic N) is 3. The van der Waals surface area contributed by atoms with Gasteiger partial charge in [-0.15, -0.1) is 0 Å². The number of hydrogen-bond donors (Lipinski definition) is 3. The minimum atomic E-state index is -3.71. The number of anilines is 2. The van der Waals surface area contributed by atoms with Gasteiger partial charge in [0.2, 0.25) is 17.8 Å². The smallest absolute Gasteiger partial charge is 0.232 e. The highest BCUT2D eigenvalue weighted by Gasteiger charge is 2.17. The highest BCUT2D eigenvalue weighted by atomic mass is 32.2. The maximum Gasteiger partial charge on any atom is 0.232 e. The van der Waals surface area contributed by atoms with Crippen molar-refractivity contribution in [2.24, 2.45) is 5.73 Å². The van der Waals surface area contributed by atoms with E-state index in [1.807, 2.05) is 0 Å². The van der Waals surface area contributed by atoms with Crippen molar-refractivity contribution in [3.63, 3.8) is 0 Å². The number of primary amides is 1. The molecule has 1 aromatic rings. The first kappa shape index (κ1) is 12.1. The minimum absolute atomic E-state index is 0.119. The molecule has 16 heavy (non-hydrogen) atoms. The number of sulfone groups is 1. The molecule has 0 radical (unpaired) electrons. The van der Waals surface area contributed by atoms with Crippen molar-refractivity contribution in [3.05, 3.63) is 5.82 Å². The van der Waals surface area contributed by atoms with Crippen LogP contribution in [0.3, 0.4) is 0 Å². The Balaban J connectivity index is 2.92. The van der Waals surface area contributed by atoms with Crippen LogP contribution in [0.1, 0.15) is 5.82 Å². The Kier molecular flexibility index (Phi) is 3.22. The van der Waals surface area contributed by atoms with E-state index in [1.165, 1.54) is 0 Å². The molecule has 0 aliphatic carbocycles. The third-order valence-corrected chi connectivity index (χ3v) is 2.85. The zero-order chi connectivity index (χ0) is 12.3. The maximum atomic E-state index is 11.4. The summed E-state index contributed by atoms with van der Waals surface area (Å²) in [6.45, 7) is 0. The van der Waals surface area contributed by atoms with Crippen molar-refractivity contribution in [1.29, 1.82) is 0 Å². The highest BCUT2D eigenvalue weighted by Crippen LogP contribution is 2.04. The van der Waals surface area contributed by atoms with Gasteiger partial charge in [-0.3, -0.25) is 4.79 Å². The van der Waals surface area contributed by atoms with Gasteiger partial charge in [-0.05, 0) is 0 Å². The average Bonchev–Trinajstić information content (AvgIpc) is 1.95. The fraction of sp³-hybridized carbons (Fsp3) is 0.333. The number of amides is 1. The van der Waals surface area contributed by atoms with Crippen molar-refractivity contribution < 1.29 is 13.2 Å². The van der Waals surface area contributed by atoms with E-state index in [2.05, 4.69) is 15.0 Å². The predicted octanol–water partition coefficient (Wildman–Crippen LogP) is -2.56. The van der Waals surface area contributed by atoms with Crippen LogP contribution in [0.4, 0.5) is 11.9 Å². The van der Waals surface area contributed by atoms with Gasteiger partial charge >= 0.3 is 0 Å². The third kappa shape index (κ3) is 3.65. The lowest BCUT2D eigenvalue weighted by molar-refractivity contribution is -0.115. The Morgan fingerprint density at radius 1 is 1.12 bits per heavy atom. The molecule has 6 N–H and O–H groups in total. The minimum Gasteiger partial charge on any atom is -0.369 e. The number of nitrogens with two attached hydrogens (primary N) is 3. The van der Waals surface area contributed by atoms with Crippen molar-refractivity contribution in [1.82, 2.24) is 15.0 Å². The Hall–Kier alpha value is -1.97. The van der Waals surface area contributed by atoms with E-state index >= 15 is 0 Å². The summed E-state index contributed by atoms with van der Waals surface area (Å²) >= 11 is 0. The normalized spacial score (nSPS) is 11.2.